The normalized spacial score (nSPS) is 13.8. The number of aromatic nitrogens is 1. The van der Waals surface area contributed by atoms with Crippen molar-refractivity contribution in [1.82, 2.24) is 10.4 Å². The molecular formula is C20H17Cl2N3O3. The molecule has 0 aliphatic heterocycles. The maximum Gasteiger partial charge on any atom is 0.271 e. The molecule has 3 aromatic rings. The summed E-state index contributed by atoms with van der Waals surface area (Å²) >= 11 is 11.6. The molecule has 0 spiro atoms. The largest absolute Gasteiger partial charge is 0.506 e. The molecule has 2 aromatic carbocycles. The highest BCUT2D eigenvalue weighted by Crippen LogP contribution is 2.40. The topological polar surface area (TPSA) is 97.7 Å². The van der Waals surface area contributed by atoms with E-state index in [1.54, 1.807) is 6.07 Å². The van der Waals surface area contributed by atoms with Gasteiger partial charge in [-0.25, -0.2) is 5.43 Å². The van der Waals surface area contributed by atoms with Crippen LogP contribution in [0.25, 0.3) is 10.9 Å². The van der Waals surface area contributed by atoms with Gasteiger partial charge < -0.3 is 15.2 Å². The van der Waals surface area contributed by atoms with Crippen molar-refractivity contribution in [2.24, 2.45) is 5.10 Å². The van der Waals surface area contributed by atoms with Crippen LogP contribution in [0.4, 0.5) is 0 Å². The van der Waals surface area contributed by atoms with Gasteiger partial charge in [-0.05, 0) is 55.5 Å². The van der Waals surface area contributed by atoms with Crippen molar-refractivity contribution in [3.8, 4) is 11.5 Å². The van der Waals surface area contributed by atoms with E-state index in [4.69, 9.17) is 23.2 Å². The van der Waals surface area contributed by atoms with Gasteiger partial charge in [0.1, 0.15) is 10.8 Å². The van der Waals surface area contributed by atoms with Crippen molar-refractivity contribution < 1.29 is 15.0 Å². The van der Waals surface area contributed by atoms with E-state index >= 15 is 0 Å². The van der Waals surface area contributed by atoms with E-state index in [0.29, 0.717) is 5.56 Å². The molecule has 0 atom stereocenters. The van der Waals surface area contributed by atoms with Gasteiger partial charge in [-0.1, -0.05) is 23.2 Å². The summed E-state index contributed by atoms with van der Waals surface area (Å²) in [4.78, 5) is 15.9. The molecule has 0 unspecified atom stereocenters. The third-order valence-corrected chi connectivity index (χ3v) is 5.57. The summed E-state index contributed by atoms with van der Waals surface area (Å²) in [7, 11) is 0. The molecule has 1 amide bonds. The Bertz CT molecular complexity index is 1120. The first-order chi connectivity index (χ1) is 13.5. The van der Waals surface area contributed by atoms with Crippen molar-refractivity contribution in [1.29, 1.82) is 0 Å². The lowest BCUT2D eigenvalue weighted by Crippen LogP contribution is -2.17. The van der Waals surface area contributed by atoms with Crippen molar-refractivity contribution in [3.05, 3.63) is 56.7 Å². The van der Waals surface area contributed by atoms with Gasteiger partial charge in [0.05, 0.1) is 11.2 Å². The number of fused-ring (bicyclic) bond motifs is 3. The van der Waals surface area contributed by atoms with Gasteiger partial charge in [0.2, 0.25) is 0 Å². The van der Waals surface area contributed by atoms with E-state index in [0.717, 1.165) is 30.2 Å². The van der Waals surface area contributed by atoms with Crippen molar-refractivity contribution >= 4 is 46.2 Å². The van der Waals surface area contributed by atoms with Crippen molar-refractivity contribution in [2.45, 2.75) is 25.7 Å². The summed E-state index contributed by atoms with van der Waals surface area (Å²) in [5.74, 6) is -1.16. The molecule has 0 saturated carbocycles. The quantitative estimate of drug-likeness (QED) is 0.372. The summed E-state index contributed by atoms with van der Waals surface area (Å²) in [6.45, 7) is 0. The Morgan fingerprint density at radius 2 is 1.93 bits per heavy atom. The highest BCUT2D eigenvalue weighted by molar-refractivity contribution is 6.38. The van der Waals surface area contributed by atoms with Gasteiger partial charge in [-0.3, -0.25) is 4.79 Å². The number of halogens is 2. The first-order valence-electron chi connectivity index (χ1n) is 8.82. The van der Waals surface area contributed by atoms with E-state index in [-0.39, 0.29) is 27.3 Å². The van der Waals surface area contributed by atoms with Crippen LogP contribution in [0.3, 0.4) is 0 Å². The number of hydrogen-bond acceptors (Lipinski definition) is 4. The first-order valence-corrected chi connectivity index (χ1v) is 9.58. The molecule has 4 rings (SSSR count). The average Bonchev–Trinajstić information content (AvgIpc) is 3.08. The monoisotopic (exact) mass is 417 g/mol. The van der Waals surface area contributed by atoms with Crippen LogP contribution in [0.15, 0.2) is 29.4 Å². The molecule has 1 aliphatic rings. The fourth-order valence-electron chi connectivity index (χ4n) is 3.49. The van der Waals surface area contributed by atoms with Crippen LogP contribution in [0.1, 0.15) is 40.0 Å². The molecule has 6 nitrogen and oxygen atoms in total. The number of amides is 1. The number of benzene rings is 2. The number of aryl methyl sites for hydroxylation is 2. The average molecular weight is 418 g/mol. The summed E-state index contributed by atoms with van der Waals surface area (Å²) in [6, 6.07) is 6.80. The lowest BCUT2D eigenvalue weighted by molar-refractivity contribution is 0.0955. The molecule has 0 fully saturated rings. The van der Waals surface area contributed by atoms with Crippen LogP contribution < -0.4 is 5.43 Å². The standard InChI is InChI=1S/C20H17Cl2N3O3/c21-14-8-11(18(26)17(22)19(14)27)9-23-25-20(28)10-5-6-16-13(7-10)12-3-1-2-4-15(12)24-16/h5-9,24,26-27H,1-4H2,(H,25,28)/b23-9-. The number of hydrazone groups is 1. The molecule has 1 heterocycles. The molecule has 8 heteroatoms. The number of rotatable bonds is 3. The Hall–Kier alpha value is -2.70. The Morgan fingerprint density at radius 1 is 1.14 bits per heavy atom. The number of H-pyrrole nitrogens is 1. The summed E-state index contributed by atoms with van der Waals surface area (Å²) < 4.78 is 0. The van der Waals surface area contributed by atoms with Crippen molar-refractivity contribution in [3.63, 3.8) is 0 Å². The zero-order valence-electron chi connectivity index (χ0n) is 14.7. The van der Waals surface area contributed by atoms with Gasteiger partial charge >= 0.3 is 0 Å². The molecule has 1 aromatic heterocycles. The predicted octanol–water partition coefficient (Wildman–Crippen LogP) is 4.53. The molecular weight excluding hydrogens is 401 g/mol. The van der Waals surface area contributed by atoms with Gasteiger partial charge in [0.15, 0.2) is 5.75 Å². The third-order valence-electron chi connectivity index (χ3n) is 4.93. The smallest absolute Gasteiger partial charge is 0.271 e. The van der Waals surface area contributed by atoms with Crippen LogP contribution >= 0.6 is 23.2 Å². The SMILES string of the molecule is O=C(N/N=C\c1cc(Cl)c(O)c(Cl)c1O)c1ccc2[nH]c3c(c2c1)CCCC3. The molecule has 0 bridgehead atoms. The molecule has 0 radical (unpaired) electrons. The number of phenolic OH excluding ortho intramolecular Hbond substituents is 2. The van der Waals surface area contributed by atoms with E-state index in [2.05, 4.69) is 15.5 Å². The van der Waals surface area contributed by atoms with E-state index in [1.807, 2.05) is 12.1 Å². The number of aromatic amines is 1. The second kappa shape index (κ2) is 7.37. The second-order valence-corrected chi connectivity index (χ2v) is 7.49. The summed E-state index contributed by atoms with van der Waals surface area (Å²) in [5, 5.41) is 24.1. The minimum atomic E-state index is -0.412. The molecule has 1 aliphatic carbocycles. The Kier molecular flexibility index (Phi) is 4.91. The van der Waals surface area contributed by atoms with Gasteiger partial charge in [-0.2, -0.15) is 5.10 Å². The molecule has 0 saturated heterocycles. The minimum Gasteiger partial charge on any atom is -0.506 e. The number of carbonyl (C=O) groups is 1. The minimum absolute atomic E-state index is 0.0294. The highest BCUT2D eigenvalue weighted by Gasteiger charge is 2.17. The number of phenols is 2. The Balaban J connectivity index is 1.55. The van der Waals surface area contributed by atoms with Crippen LogP contribution in [-0.2, 0) is 12.8 Å². The summed E-state index contributed by atoms with van der Waals surface area (Å²) in [5.41, 5.74) is 6.66. The lowest BCUT2D eigenvalue weighted by atomic mass is 9.95. The fourth-order valence-corrected chi connectivity index (χ4v) is 3.96. The molecule has 144 valence electrons. The predicted molar refractivity (Wildman–Crippen MR) is 110 cm³/mol. The lowest BCUT2D eigenvalue weighted by Gasteiger charge is -2.10. The van der Waals surface area contributed by atoms with Gasteiger partial charge in [0, 0.05) is 27.7 Å². The zero-order valence-corrected chi connectivity index (χ0v) is 16.2. The van der Waals surface area contributed by atoms with Crippen LogP contribution in [-0.4, -0.2) is 27.3 Å². The molecule has 28 heavy (non-hydrogen) atoms. The maximum absolute atomic E-state index is 12.5. The second-order valence-electron chi connectivity index (χ2n) is 6.71. The number of aromatic hydroxyl groups is 2. The maximum atomic E-state index is 12.5. The number of nitrogens with zero attached hydrogens (tertiary/aromatic N) is 1. The van der Waals surface area contributed by atoms with Crippen molar-refractivity contribution in [2.75, 3.05) is 0 Å². The van der Waals surface area contributed by atoms with Crippen LogP contribution in [0, 0.1) is 0 Å². The van der Waals surface area contributed by atoms with Gasteiger partial charge in [-0.15, -0.1) is 0 Å². The molecule has 4 N–H and O–H groups in total. The Morgan fingerprint density at radius 3 is 2.75 bits per heavy atom. The fraction of sp³-hybridized carbons (Fsp3) is 0.200. The zero-order chi connectivity index (χ0) is 19.8. The summed E-state index contributed by atoms with van der Waals surface area (Å²) in [6.07, 6.45) is 5.60. The number of hydrogen-bond donors (Lipinski definition) is 4. The number of carbonyl (C=O) groups excluding carboxylic acids is 1. The van der Waals surface area contributed by atoms with E-state index < -0.39 is 5.75 Å². The first kappa shape index (κ1) is 18.7. The van der Waals surface area contributed by atoms with E-state index in [9.17, 15) is 15.0 Å². The van der Waals surface area contributed by atoms with Crippen LogP contribution in [0.5, 0.6) is 11.5 Å². The van der Waals surface area contributed by atoms with E-state index in [1.165, 1.54) is 30.0 Å². The Labute approximate surface area is 170 Å². The highest BCUT2D eigenvalue weighted by atomic mass is 35.5. The number of nitrogens with one attached hydrogen (secondary N) is 2. The van der Waals surface area contributed by atoms with Gasteiger partial charge in [0.25, 0.3) is 5.91 Å². The third kappa shape index (κ3) is 3.30. The van der Waals surface area contributed by atoms with Crippen LogP contribution in [0.2, 0.25) is 10.0 Å².